The third kappa shape index (κ3) is 3.69. The molecule has 1 saturated heterocycles. The Hall–Kier alpha value is -0.610. The fraction of sp³-hybridized carbons (Fsp3) is 0.929. The standard InChI is InChI=1S/C14H26N2O2/c1-10(14(17)16-13-5-3-4-6-13)15-9-12-7-8-18-11(12)2/h10-13,15H,3-9H2,1-2H3,(H,16,17). The van der Waals surface area contributed by atoms with Crippen LogP contribution in [0.25, 0.3) is 0 Å². The SMILES string of the molecule is CC(NCC1CCOC1C)C(=O)NC1CCCC1. The van der Waals surface area contributed by atoms with E-state index in [2.05, 4.69) is 17.6 Å². The van der Waals surface area contributed by atoms with E-state index >= 15 is 0 Å². The van der Waals surface area contributed by atoms with Crippen molar-refractivity contribution >= 4 is 5.91 Å². The number of ether oxygens (including phenoxy) is 1. The summed E-state index contributed by atoms with van der Waals surface area (Å²) >= 11 is 0. The van der Waals surface area contributed by atoms with Gasteiger partial charge in [-0.05, 0) is 39.0 Å². The summed E-state index contributed by atoms with van der Waals surface area (Å²) in [6.45, 7) is 5.80. The highest BCUT2D eigenvalue weighted by atomic mass is 16.5. The highest BCUT2D eigenvalue weighted by molar-refractivity contribution is 5.81. The van der Waals surface area contributed by atoms with Gasteiger partial charge < -0.3 is 15.4 Å². The Balaban J connectivity index is 1.66. The summed E-state index contributed by atoms with van der Waals surface area (Å²) in [6, 6.07) is 0.314. The molecule has 0 aromatic heterocycles. The minimum Gasteiger partial charge on any atom is -0.378 e. The van der Waals surface area contributed by atoms with Crippen molar-refractivity contribution in [2.24, 2.45) is 5.92 Å². The molecule has 1 heterocycles. The molecule has 1 aliphatic carbocycles. The van der Waals surface area contributed by atoms with Crippen molar-refractivity contribution in [3.05, 3.63) is 0 Å². The zero-order chi connectivity index (χ0) is 13.0. The Morgan fingerprint density at radius 2 is 2.06 bits per heavy atom. The van der Waals surface area contributed by atoms with E-state index in [-0.39, 0.29) is 11.9 Å². The molecule has 1 saturated carbocycles. The van der Waals surface area contributed by atoms with E-state index < -0.39 is 0 Å². The highest BCUT2D eigenvalue weighted by Crippen LogP contribution is 2.20. The molecule has 0 aromatic rings. The topological polar surface area (TPSA) is 50.4 Å². The maximum atomic E-state index is 12.0. The molecule has 2 fully saturated rings. The average molecular weight is 254 g/mol. The van der Waals surface area contributed by atoms with Gasteiger partial charge in [-0.3, -0.25) is 4.79 Å². The fourth-order valence-corrected chi connectivity index (χ4v) is 2.86. The van der Waals surface area contributed by atoms with Crippen molar-refractivity contribution in [3.63, 3.8) is 0 Å². The predicted molar refractivity (Wildman–Crippen MR) is 71.4 cm³/mol. The Morgan fingerprint density at radius 3 is 2.67 bits per heavy atom. The number of carbonyl (C=O) groups excluding carboxylic acids is 1. The van der Waals surface area contributed by atoms with Crippen LogP contribution in [0.2, 0.25) is 0 Å². The third-order valence-corrected chi connectivity index (χ3v) is 4.31. The molecule has 0 radical (unpaired) electrons. The van der Waals surface area contributed by atoms with Crippen LogP contribution in [0, 0.1) is 5.92 Å². The molecule has 0 aromatic carbocycles. The molecule has 18 heavy (non-hydrogen) atoms. The molecular formula is C14H26N2O2. The maximum Gasteiger partial charge on any atom is 0.237 e. The van der Waals surface area contributed by atoms with Gasteiger partial charge in [0.05, 0.1) is 12.1 Å². The molecule has 104 valence electrons. The molecule has 4 nitrogen and oxygen atoms in total. The third-order valence-electron chi connectivity index (χ3n) is 4.31. The second-order valence-corrected chi connectivity index (χ2v) is 5.74. The summed E-state index contributed by atoms with van der Waals surface area (Å²) < 4.78 is 5.53. The number of hydrogen-bond donors (Lipinski definition) is 2. The van der Waals surface area contributed by atoms with Crippen LogP contribution in [-0.2, 0) is 9.53 Å². The first-order chi connectivity index (χ1) is 8.66. The number of amides is 1. The quantitative estimate of drug-likeness (QED) is 0.780. The van der Waals surface area contributed by atoms with Crippen molar-refractivity contribution in [3.8, 4) is 0 Å². The second kappa shape index (κ2) is 6.53. The Kier molecular flexibility index (Phi) is 5.01. The molecule has 2 aliphatic rings. The van der Waals surface area contributed by atoms with Crippen molar-refractivity contribution in [2.45, 2.75) is 64.1 Å². The van der Waals surface area contributed by atoms with Gasteiger partial charge >= 0.3 is 0 Å². The Bertz CT molecular complexity index is 277. The van der Waals surface area contributed by atoms with Crippen molar-refractivity contribution in [1.29, 1.82) is 0 Å². The van der Waals surface area contributed by atoms with E-state index in [1.54, 1.807) is 0 Å². The van der Waals surface area contributed by atoms with Gasteiger partial charge in [0, 0.05) is 19.2 Å². The van der Waals surface area contributed by atoms with E-state index in [1.165, 1.54) is 12.8 Å². The lowest BCUT2D eigenvalue weighted by molar-refractivity contribution is -0.123. The van der Waals surface area contributed by atoms with Crippen molar-refractivity contribution < 1.29 is 9.53 Å². The first-order valence-electron chi connectivity index (χ1n) is 7.32. The minimum atomic E-state index is -0.0987. The molecule has 2 N–H and O–H groups in total. The van der Waals surface area contributed by atoms with Crippen LogP contribution < -0.4 is 10.6 Å². The molecular weight excluding hydrogens is 228 g/mol. The minimum absolute atomic E-state index is 0.0987. The maximum absolute atomic E-state index is 12.0. The summed E-state index contributed by atoms with van der Waals surface area (Å²) in [5, 5.41) is 6.47. The van der Waals surface area contributed by atoms with Gasteiger partial charge in [-0.15, -0.1) is 0 Å². The first-order valence-corrected chi connectivity index (χ1v) is 7.32. The molecule has 1 amide bonds. The van der Waals surface area contributed by atoms with Gasteiger partial charge in [0.25, 0.3) is 0 Å². The fourth-order valence-electron chi connectivity index (χ4n) is 2.86. The lowest BCUT2D eigenvalue weighted by Crippen LogP contribution is -2.47. The smallest absolute Gasteiger partial charge is 0.237 e. The van der Waals surface area contributed by atoms with Crippen molar-refractivity contribution in [2.75, 3.05) is 13.2 Å². The van der Waals surface area contributed by atoms with Crippen LogP contribution in [0.3, 0.4) is 0 Å². The summed E-state index contributed by atoms with van der Waals surface area (Å²) in [4.78, 5) is 12.0. The number of rotatable bonds is 5. The van der Waals surface area contributed by atoms with Crippen LogP contribution >= 0.6 is 0 Å². The van der Waals surface area contributed by atoms with Crippen LogP contribution in [0.5, 0.6) is 0 Å². The van der Waals surface area contributed by atoms with E-state index in [0.717, 1.165) is 32.4 Å². The number of hydrogen-bond acceptors (Lipinski definition) is 3. The number of nitrogens with one attached hydrogen (secondary N) is 2. The second-order valence-electron chi connectivity index (χ2n) is 5.74. The molecule has 0 bridgehead atoms. The zero-order valence-corrected chi connectivity index (χ0v) is 11.6. The van der Waals surface area contributed by atoms with Gasteiger partial charge in [0.1, 0.15) is 0 Å². The van der Waals surface area contributed by atoms with E-state index in [0.29, 0.717) is 18.1 Å². The van der Waals surface area contributed by atoms with Gasteiger partial charge in [-0.1, -0.05) is 12.8 Å². The average Bonchev–Trinajstić information content (AvgIpc) is 2.98. The first kappa shape index (κ1) is 13.8. The molecule has 3 unspecified atom stereocenters. The van der Waals surface area contributed by atoms with Gasteiger partial charge in [-0.2, -0.15) is 0 Å². The number of carbonyl (C=O) groups is 1. The molecule has 3 atom stereocenters. The zero-order valence-electron chi connectivity index (χ0n) is 11.6. The normalized spacial score (nSPS) is 30.6. The largest absolute Gasteiger partial charge is 0.378 e. The predicted octanol–water partition coefficient (Wildman–Crippen LogP) is 1.45. The summed E-state index contributed by atoms with van der Waals surface area (Å²) in [6.07, 6.45) is 6.22. The molecule has 4 heteroatoms. The lowest BCUT2D eigenvalue weighted by Gasteiger charge is -2.20. The highest BCUT2D eigenvalue weighted by Gasteiger charge is 2.26. The van der Waals surface area contributed by atoms with Crippen molar-refractivity contribution in [1.82, 2.24) is 10.6 Å². The van der Waals surface area contributed by atoms with E-state index in [4.69, 9.17) is 4.74 Å². The molecule has 0 spiro atoms. The molecule has 1 aliphatic heterocycles. The lowest BCUT2D eigenvalue weighted by atomic mass is 10.0. The summed E-state index contributed by atoms with van der Waals surface area (Å²) in [5.74, 6) is 0.695. The monoisotopic (exact) mass is 254 g/mol. The van der Waals surface area contributed by atoms with Crippen LogP contribution in [0.4, 0.5) is 0 Å². The Morgan fingerprint density at radius 1 is 1.33 bits per heavy atom. The van der Waals surface area contributed by atoms with Crippen LogP contribution in [0.1, 0.15) is 46.0 Å². The van der Waals surface area contributed by atoms with E-state index in [1.807, 2.05) is 6.92 Å². The summed E-state index contributed by atoms with van der Waals surface area (Å²) in [7, 11) is 0. The van der Waals surface area contributed by atoms with E-state index in [9.17, 15) is 4.79 Å². The summed E-state index contributed by atoms with van der Waals surface area (Å²) in [5.41, 5.74) is 0. The van der Waals surface area contributed by atoms with Gasteiger partial charge in [-0.25, -0.2) is 0 Å². The van der Waals surface area contributed by atoms with Crippen LogP contribution in [0.15, 0.2) is 0 Å². The Labute approximate surface area is 110 Å². The molecule has 2 rings (SSSR count). The van der Waals surface area contributed by atoms with Gasteiger partial charge in [0.15, 0.2) is 0 Å². The van der Waals surface area contributed by atoms with Crippen LogP contribution in [-0.4, -0.2) is 37.2 Å². The van der Waals surface area contributed by atoms with Gasteiger partial charge in [0.2, 0.25) is 5.91 Å².